The lowest BCUT2D eigenvalue weighted by Gasteiger charge is -2.26. The maximum absolute atomic E-state index is 3.61. The summed E-state index contributed by atoms with van der Waals surface area (Å²) in [6.07, 6.45) is 6.95. The van der Waals surface area contributed by atoms with Gasteiger partial charge in [-0.3, -0.25) is 0 Å². The molecule has 1 aromatic carbocycles. The van der Waals surface area contributed by atoms with Crippen molar-refractivity contribution in [3.05, 3.63) is 23.8 Å². The Kier molecular flexibility index (Phi) is 3.44. The average molecular weight is 244 g/mol. The van der Waals surface area contributed by atoms with E-state index in [0.717, 1.165) is 12.5 Å². The van der Waals surface area contributed by atoms with Crippen LogP contribution in [0.2, 0.25) is 0 Å². The van der Waals surface area contributed by atoms with Gasteiger partial charge >= 0.3 is 0 Å². The van der Waals surface area contributed by atoms with Crippen LogP contribution in [0.5, 0.6) is 0 Å². The molecule has 3 rings (SSSR count). The molecule has 1 N–H and O–H groups in total. The zero-order chi connectivity index (χ0) is 12.4. The molecule has 1 saturated carbocycles. The maximum atomic E-state index is 3.61. The van der Waals surface area contributed by atoms with Gasteiger partial charge in [-0.05, 0) is 62.3 Å². The second kappa shape index (κ2) is 5.21. The fraction of sp³-hybridized carbons (Fsp3) is 0.625. The van der Waals surface area contributed by atoms with Gasteiger partial charge in [0.25, 0.3) is 0 Å². The predicted molar refractivity (Wildman–Crippen MR) is 78.5 cm³/mol. The molecule has 0 amide bonds. The molecular weight excluding hydrogens is 220 g/mol. The lowest BCUT2D eigenvalue weighted by atomic mass is 9.85. The summed E-state index contributed by atoms with van der Waals surface area (Å²) in [7, 11) is 0. The number of hydrogen-bond donors (Lipinski definition) is 1. The molecule has 2 heteroatoms. The molecule has 2 aliphatic rings. The quantitative estimate of drug-likeness (QED) is 0.866. The predicted octanol–water partition coefficient (Wildman–Crippen LogP) is 3.81. The Labute approximate surface area is 110 Å². The van der Waals surface area contributed by atoms with Gasteiger partial charge in [-0.25, -0.2) is 0 Å². The van der Waals surface area contributed by atoms with Crippen molar-refractivity contribution in [2.45, 2.75) is 39.0 Å². The first-order valence-corrected chi connectivity index (χ1v) is 7.42. The van der Waals surface area contributed by atoms with E-state index in [2.05, 4.69) is 35.3 Å². The molecule has 2 fully saturated rings. The fourth-order valence-corrected chi connectivity index (χ4v) is 2.97. The van der Waals surface area contributed by atoms with E-state index in [1.165, 1.54) is 62.1 Å². The van der Waals surface area contributed by atoms with Crippen molar-refractivity contribution >= 4 is 11.4 Å². The highest BCUT2D eigenvalue weighted by Crippen LogP contribution is 2.29. The van der Waals surface area contributed by atoms with Gasteiger partial charge in [0.15, 0.2) is 0 Å². The summed E-state index contributed by atoms with van der Waals surface area (Å²) in [6.45, 7) is 5.84. The normalized spacial score (nSPS) is 19.9. The zero-order valence-corrected chi connectivity index (χ0v) is 11.4. The standard InChI is InChI=1S/C16H24N2/c1-13-11-15(18-9-2-3-10-18)7-8-16(13)17-12-14-5-4-6-14/h7-8,11,14,17H,2-6,9-10,12H2,1H3. The summed E-state index contributed by atoms with van der Waals surface area (Å²) in [6, 6.07) is 6.89. The van der Waals surface area contributed by atoms with E-state index in [1.54, 1.807) is 0 Å². The molecule has 2 nitrogen and oxygen atoms in total. The lowest BCUT2D eigenvalue weighted by molar-refractivity contribution is 0.333. The summed E-state index contributed by atoms with van der Waals surface area (Å²) < 4.78 is 0. The van der Waals surface area contributed by atoms with Crippen LogP contribution in [0.3, 0.4) is 0 Å². The maximum Gasteiger partial charge on any atom is 0.0371 e. The molecule has 1 heterocycles. The SMILES string of the molecule is Cc1cc(N2CCCC2)ccc1NCC1CCC1. The molecule has 1 aromatic rings. The third-order valence-corrected chi connectivity index (χ3v) is 4.49. The van der Waals surface area contributed by atoms with E-state index in [-0.39, 0.29) is 0 Å². The number of anilines is 2. The van der Waals surface area contributed by atoms with Gasteiger partial charge in [-0.2, -0.15) is 0 Å². The van der Waals surface area contributed by atoms with Gasteiger partial charge in [0, 0.05) is 31.0 Å². The molecule has 18 heavy (non-hydrogen) atoms. The van der Waals surface area contributed by atoms with E-state index in [4.69, 9.17) is 0 Å². The first-order valence-electron chi connectivity index (χ1n) is 7.42. The highest BCUT2D eigenvalue weighted by Gasteiger charge is 2.17. The number of nitrogens with zero attached hydrogens (tertiary/aromatic N) is 1. The van der Waals surface area contributed by atoms with E-state index in [0.29, 0.717) is 0 Å². The molecule has 98 valence electrons. The van der Waals surface area contributed by atoms with Crippen LogP contribution in [-0.2, 0) is 0 Å². The number of nitrogens with one attached hydrogen (secondary N) is 1. The molecular formula is C16H24N2. The average Bonchev–Trinajstić information content (AvgIpc) is 2.82. The highest BCUT2D eigenvalue weighted by atomic mass is 15.1. The smallest absolute Gasteiger partial charge is 0.0371 e. The van der Waals surface area contributed by atoms with E-state index < -0.39 is 0 Å². The highest BCUT2D eigenvalue weighted by molar-refractivity contribution is 5.60. The molecule has 1 saturated heterocycles. The Bertz CT molecular complexity index is 404. The Morgan fingerprint density at radius 1 is 1.17 bits per heavy atom. The molecule has 0 radical (unpaired) electrons. The van der Waals surface area contributed by atoms with Crippen LogP contribution in [0.25, 0.3) is 0 Å². The van der Waals surface area contributed by atoms with Crippen LogP contribution in [0.4, 0.5) is 11.4 Å². The van der Waals surface area contributed by atoms with Crippen LogP contribution in [0.1, 0.15) is 37.7 Å². The van der Waals surface area contributed by atoms with Gasteiger partial charge in [0.1, 0.15) is 0 Å². The van der Waals surface area contributed by atoms with Crippen LogP contribution in [0.15, 0.2) is 18.2 Å². The first-order chi connectivity index (χ1) is 8.83. The third kappa shape index (κ3) is 2.47. The minimum Gasteiger partial charge on any atom is -0.385 e. The van der Waals surface area contributed by atoms with Crippen LogP contribution < -0.4 is 10.2 Å². The lowest BCUT2D eigenvalue weighted by Crippen LogP contribution is -2.21. The molecule has 0 aromatic heterocycles. The van der Waals surface area contributed by atoms with Gasteiger partial charge in [-0.15, -0.1) is 0 Å². The van der Waals surface area contributed by atoms with Gasteiger partial charge in [0.2, 0.25) is 0 Å². The van der Waals surface area contributed by atoms with Crippen molar-refractivity contribution < 1.29 is 0 Å². The van der Waals surface area contributed by atoms with Crippen molar-refractivity contribution in [2.24, 2.45) is 5.92 Å². The summed E-state index contributed by atoms with van der Waals surface area (Å²) in [5.41, 5.74) is 4.11. The largest absolute Gasteiger partial charge is 0.385 e. The summed E-state index contributed by atoms with van der Waals surface area (Å²) in [5, 5.41) is 3.61. The second-order valence-electron chi connectivity index (χ2n) is 5.87. The Hall–Kier alpha value is -1.18. The summed E-state index contributed by atoms with van der Waals surface area (Å²) in [5.74, 6) is 0.919. The zero-order valence-electron chi connectivity index (χ0n) is 11.4. The van der Waals surface area contributed by atoms with Crippen LogP contribution >= 0.6 is 0 Å². The van der Waals surface area contributed by atoms with Crippen LogP contribution in [0, 0.1) is 12.8 Å². The number of hydrogen-bond acceptors (Lipinski definition) is 2. The van der Waals surface area contributed by atoms with Gasteiger partial charge in [-0.1, -0.05) is 6.42 Å². The molecule has 0 atom stereocenters. The fourth-order valence-electron chi connectivity index (χ4n) is 2.97. The van der Waals surface area contributed by atoms with E-state index in [1.807, 2.05) is 0 Å². The Morgan fingerprint density at radius 2 is 1.94 bits per heavy atom. The number of benzene rings is 1. The monoisotopic (exact) mass is 244 g/mol. The van der Waals surface area contributed by atoms with Crippen molar-refractivity contribution in [3.8, 4) is 0 Å². The summed E-state index contributed by atoms with van der Waals surface area (Å²) in [4.78, 5) is 2.50. The molecule has 0 bridgehead atoms. The number of aryl methyl sites for hydroxylation is 1. The minimum atomic E-state index is 0.919. The van der Waals surface area contributed by atoms with Crippen molar-refractivity contribution in [1.29, 1.82) is 0 Å². The van der Waals surface area contributed by atoms with Crippen molar-refractivity contribution in [2.75, 3.05) is 29.9 Å². The topological polar surface area (TPSA) is 15.3 Å². The second-order valence-corrected chi connectivity index (χ2v) is 5.87. The molecule has 1 aliphatic heterocycles. The minimum absolute atomic E-state index is 0.919. The van der Waals surface area contributed by atoms with Gasteiger partial charge in [0.05, 0.1) is 0 Å². The van der Waals surface area contributed by atoms with Crippen molar-refractivity contribution in [1.82, 2.24) is 0 Å². The first kappa shape index (κ1) is 11.9. The molecule has 0 unspecified atom stereocenters. The Morgan fingerprint density at radius 3 is 2.56 bits per heavy atom. The molecule has 0 spiro atoms. The van der Waals surface area contributed by atoms with E-state index >= 15 is 0 Å². The van der Waals surface area contributed by atoms with Gasteiger partial charge < -0.3 is 10.2 Å². The Balaban J connectivity index is 1.64. The summed E-state index contributed by atoms with van der Waals surface area (Å²) >= 11 is 0. The molecule has 1 aliphatic carbocycles. The third-order valence-electron chi connectivity index (χ3n) is 4.49. The van der Waals surface area contributed by atoms with Crippen LogP contribution in [-0.4, -0.2) is 19.6 Å². The number of rotatable bonds is 4. The van der Waals surface area contributed by atoms with E-state index in [9.17, 15) is 0 Å². The van der Waals surface area contributed by atoms with Crippen molar-refractivity contribution in [3.63, 3.8) is 0 Å².